The molecule has 0 spiro atoms. The Kier molecular flexibility index (Phi) is 5.21. The lowest BCUT2D eigenvalue weighted by molar-refractivity contribution is -0.146. The Morgan fingerprint density at radius 2 is 1.91 bits per heavy atom. The molecule has 0 aliphatic heterocycles. The summed E-state index contributed by atoms with van der Waals surface area (Å²) in [6.45, 7) is 4.73. The van der Waals surface area contributed by atoms with E-state index in [4.69, 9.17) is 5.73 Å². The number of hydrogen-bond donors (Lipinski definition) is 2. The molecule has 1 aromatic rings. The van der Waals surface area contributed by atoms with Crippen LogP contribution >= 0.6 is 0 Å². The number of rotatable bonds is 5. The third kappa shape index (κ3) is 4.47. The minimum absolute atomic E-state index is 0.0493. The highest BCUT2D eigenvalue weighted by Crippen LogP contribution is 2.34. The van der Waals surface area contributed by atoms with Gasteiger partial charge in [0.25, 0.3) is 5.91 Å². The molecule has 0 saturated carbocycles. The van der Waals surface area contributed by atoms with Gasteiger partial charge in [-0.15, -0.1) is 0 Å². The van der Waals surface area contributed by atoms with Gasteiger partial charge >= 0.3 is 6.18 Å². The normalized spacial score (nSPS) is 12.3. The maximum Gasteiger partial charge on any atom is 0.433 e. The van der Waals surface area contributed by atoms with Crippen LogP contribution in [0.3, 0.4) is 0 Å². The van der Waals surface area contributed by atoms with Crippen molar-refractivity contribution >= 4 is 11.8 Å². The summed E-state index contributed by atoms with van der Waals surface area (Å²) in [4.78, 5) is 22.5. The van der Waals surface area contributed by atoms with Crippen LogP contribution in [0.5, 0.6) is 0 Å². The number of hydrogen-bond acceptors (Lipinski definition) is 3. The van der Waals surface area contributed by atoms with Crippen molar-refractivity contribution in [3.8, 4) is 0 Å². The van der Waals surface area contributed by atoms with E-state index in [1.807, 2.05) is 0 Å². The maximum absolute atomic E-state index is 13.2. The fourth-order valence-electron chi connectivity index (χ4n) is 1.86. The number of halogens is 3. The Balaban J connectivity index is 2.98. The van der Waals surface area contributed by atoms with E-state index in [0.717, 1.165) is 10.9 Å². The molecule has 1 heterocycles. The molecule has 0 atom stereocenters. The van der Waals surface area contributed by atoms with E-state index in [9.17, 15) is 22.8 Å². The summed E-state index contributed by atoms with van der Waals surface area (Å²) in [6.07, 6.45) is -3.50. The molecular weight excluding hydrogens is 301 g/mol. The molecule has 6 nitrogen and oxygen atoms in total. The second-order valence-electron chi connectivity index (χ2n) is 5.81. The smallest absolute Gasteiger partial charge is 0.370 e. The summed E-state index contributed by atoms with van der Waals surface area (Å²) in [5.74, 6) is -1.42. The van der Waals surface area contributed by atoms with Crippen LogP contribution in [-0.2, 0) is 16.5 Å². The van der Waals surface area contributed by atoms with Crippen molar-refractivity contribution in [3.05, 3.63) is 17.5 Å². The topological polar surface area (TPSA) is 90.0 Å². The highest BCUT2D eigenvalue weighted by molar-refractivity contribution is 5.95. The predicted molar refractivity (Wildman–Crippen MR) is 73.0 cm³/mol. The molecule has 0 unspecified atom stereocenters. The Morgan fingerprint density at radius 1 is 1.32 bits per heavy atom. The molecule has 1 aromatic heterocycles. The highest BCUT2D eigenvalue weighted by Gasteiger charge is 2.42. The van der Waals surface area contributed by atoms with Crippen molar-refractivity contribution in [2.45, 2.75) is 45.3 Å². The Hall–Kier alpha value is -2.06. The molecule has 3 N–H and O–H groups in total. The molecule has 1 rings (SSSR count). The number of nitrogens with two attached hydrogens (primary N) is 1. The molecule has 0 aliphatic rings. The van der Waals surface area contributed by atoms with E-state index in [2.05, 4.69) is 10.4 Å². The van der Waals surface area contributed by atoms with E-state index in [-0.39, 0.29) is 19.4 Å². The van der Waals surface area contributed by atoms with Gasteiger partial charge in [-0.25, -0.2) is 0 Å². The van der Waals surface area contributed by atoms with Crippen LogP contribution in [0.25, 0.3) is 0 Å². The van der Waals surface area contributed by atoms with Gasteiger partial charge in [0.1, 0.15) is 0 Å². The van der Waals surface area contributed by atoms with Crippen molar-refractivity contribution in [3.63, 3.8) is 0 Å². The van der Waals surface area contributed by atoms with E-state index in [1.165, 1.54) is 0 Å². The summed E-state index contributed by atoms with van der Waals surface area (Å²) in [6, 6.07) is 0. The lowest BCUT2D eigenvalue weighted by Crippen LogP contribution is -2.32. The van der Waals surface area contributed by atoms with Gasteiger partial charge in [0.05, 0.1) is 17.3 Å². The average molecular weight is 320 g/mol. The molecule has 0 aliphatic carbocycles. The Morgan fingerprint density at radius 3 is 2.36 bits per heavy atom. The lowest BCUT2D eigenvalue weighted by Gasteiger charge is -2.23. The van der Waals surface area contributed by atoms with Gasteiger partial charge in [0.2, 0.25) is 5.91 Å². The molecule has 124 valence electrons. The molecule has 2 amide bonds. The van der Waals surface area contributed by atoms with E-state index < -0.39 is 34.8 Å². The molecule has 0 radical (unpaired) electrons. The number of carbonyl (C=O) groups excluding carboxylic acids is 2. The maximum atomic E-state index is 13.2. The van der Waals surface area contributed by atoms with E-state index in [1.54, 1.807) is 20.8 Å². The molecular formula is C13H19F3N4O2. The lowest BCUT2D eigenvalue weighted by atomic mass is 10.1. The van der Waals surface area contributed by atoms with E-state index in [0.29, 0.717) is 0 Å². The first-order valence-corrected chi connectivity index (χ1v) is 6.67. The third-order valence-corrected chi connectivity index (χ3v) is 2.80. The van der Waals surface area contributed by atoms with Crippen LogP contribution in [0, 0.1) is 0 Å². The standard InChI is InChI=1S/C13H19F3N4O2/c1-12(2,3)20-10(13(14,15)16)8(7-19-20)11(22)18-6-4-5-9(17)21/h7H,4-6H2,1-3H3,(H2,17,21)(H,18,22). The fraction of sp³-hybridized carbons (Fsp3) is 0.615. The summed E-state index contributed by atoms with van der Waals surface area (Å²) >= 11 is 0. The minimum atomic E-state index is -4.70. The van der Waals surface area contributed by atoms with Gasteiger partial charge in [-0.1, -0.05) is 0 Å². The second-order valence-corrected chi connectivity index (χ2v) is 5.81. The Labute approximate surface area is 125 Å². The number of amides is 2. The fourth-order valence-corrected chi connectivity index (χ4v) is 1.86. The molecule has 0 bridgehead atoms. The number of primary amides is 1. The van der Waals surface area contributed by atoms with E-state index >= 15 is 0 Å². The van der Waals surface area contributed by atoms with Gasteiger partial charge in [-0.3, -0.25) is 14.3 Å². The first kappa shape index (κ1) is 18.0. The molecule has 0 saturated heterocycles. The van der Waals surface area contributed by atoms with Crippen LogP contribution in [-0.4, -0.2) is 28.1 Å². The number of carbonyl (C=O) groups is 2. The zero-order valence-electron chi connectivity index (χ0n) is 12.6. The molecule has 9 heteroatoms. The third-order valence-electron chi connectivity index (χ3n) is 2.80. The van der Waals surface area contributed by atoms with Crippen LogP contribution in [0.1, 0.15) is 49.7 Å². The van der Waals surface area contributed by atoms with Crippen molar-refractivity contribution < 1.29 is 22.8 Å². The van der Waals surface area contributed by atoms with Crippen LogP contribution < -0.4 is 11.1 Å². The number of nitrogens with zero attached hydrogens (tertiary/aromatic N) is 2. The van der Waals surface area contributed by atoms with Gasteiger partial charge < -0.3 is 11.1 Å². The number of nitrogens with one attached hydrogen (secondary N) is 1. The van der Waals surface area contributed by atoms with Crippen LogP contribution in [0.2, 0.25) is 0 Å². The summed E-state index contributed by atoms with van der Waals surface area (Å²) in [5, 5.41) is 6.02. The van der Waals surface area contributed by atoms with Gasteiger partial charge in [0, 0.05) is 13.0 Å². The van der Waals surface area contributed by atoms with Crippen LogP contribution in [0.4, 0.5) is 13.2 Å². The number of aromatic nitrogens is 2. The zero-order chi connectivity index (χ0) is 17.1. The van der Waals surface area contributed by atoms with Crippen molar-refractivity contribution in [1.29, 1.82) is 0 Å². The first-order chi connectivity index (χ1) is 9.94. The largest absolute Gasteiger partial charge is 0.433 e. The number of alkyl halides is 3. The minimum Gasteiger partial charge on any atom is -0.370 e. The average Bonchev–Trinajstić information content (AvgIpc) is 2.78. The highest BCUT2D eigenvalue weighted by atomic mass is 19.4. The second kappa shape index (κ2) is 6.37. The van der Waals surface area contributed by atoms with Crippen molar-refractivity contribution in [2.75, 3.05) is 6.54 Å². The summed E-state index contributed by atoms with van der Waals surface area (Å²) in [5.41, 5.74) is 2.39. The van der Waals surface area contributed by atoms with Gasteiger partial charge in [-0.2, -0.15) is 18.3 Å². The van der Waals surface area contributed by atoms with Gasteiger partial charge in [0.15, 0.2) is 5.69 Å². The van der Waals surface area contributed by atoms with Crippen LogP contribution in [0.15, 0.2) is 6.20 Å². The molecule has 0 fully saturated rings. The van der Waals surface area contributed by atoms with Crippen molar-refractivity contribution in [2.24, 2.45) is 5.73 Å². The summed E-state index contributed by atoms with van der Waals surface area (Å²) < 4.78 is 40.5. The quantitative estimate of drug-likeness (QED) is 0.808. The Bertz CT molecular complexity index is 559. The van der Waals surface area contributed by atoms with Gasteiger partial charge in [-0.05, 0) is 27.2 Å². The first-order valence-electron chi connectivity index (χ1n) is 6.67. The molecule has 22 heavy (non-hydrogen) atoms. The summed E-state index contributed by atoms with van der Waals surface area (Å²) in [7, 11) is 0. The SMILES string of the molecule is CC(C)(C)n1ncc(C(=O)NCCCC(N)=O)c1C(F)(F)F. The zero-order valence-corrected chi connectivity index (χ0v) is 12.6. The molecule has 0 aromatic carbocycles. The predicted octanol–water partition coefficient (Wildman–Crippen LogP) is 1.65. The monoisotopic (exact) mass is 320 g/mol. The van der Waals surface area contributed by atoms with Crippen molar-refractivity contribution in [1.82, 2.24) is 15.1 Å².